The molecule has 6 heteroatoms. The number of hydrogen-bond donors (Lipinski definition) is 0. The van der Waals surface area contributed by atoms with Crippen LogP contribution in [-0.4, -0.2) is 32.2 Å². The molecule has 0 unspecified atom stereocenters. The lowest BCUT2D eigenvalue weighted by atomic mass is 10.00. The lowest BCUT2D eigenvalue weighted by Gasteiger charge is -2.30. The molecule has 0 saturated carbocycles. The fourth-order valence-corrected chi connectivity index (χ4v) is 4.92. The monoisotopic (exact) mass is 421 g/mol. The lowest BCUT2D eigenvalue weighted by molar-refractivity contribution is -0.131. The lowest BCUT2D eigenvalue weighted by Crippen LogP contribution is -2.40. The van der Waals surface area contributed by atoms with Crippen LogP contribution < -0.4 is 5.56 Å². The second-order valence-corrected chi connectivity index (χ2v) is 9.57. The van der Waals surface area contributed by atoms with Gasteiger partial charge in [0.2, 0.25) is 5.91 Å². The van der Waals surface area contributed by atoms with E-state index in [0.29, 0.717) is 35.1 Å². The van der Waals surface area contributed by atoms with Crippen molar-refractivity contribution in [2.75, 3.05) is 6.54 Å². The number of thioether (sulfide) groups is 1. The van der Waals surface area contributed by atoms with Crippen LogP contribution >= 0.6 is 11.8 Å². The summed E-state index contributed by atoms with van der Waals surface area (Å²) < 4.78 is 1.73. The molecule has 0 N–H and O–H groups in total. The normalized spacial score (nSPS) is 14.7. The van der Waals surface area contributed by atoms with Crippen molar-refractivity contribution < 1.29 is 4.79 Å². The maximum absolute atomic E-state index is 13.2. The molecular weight excluding hydrogens is 394 g/mol. The molecule has 1 amide bonds. The molecule has 0 saturated heterocycles. The minimum absolute atomic E-state index is 0.0386. The van der Waals surface area contributed by atoms with Crippen LogP contribution in [-0.2, 0) is 24.3 Å². The average molecular weight is 422 g/mol. The Bertz CT molecular complexity index is 1140. The molecule has 0 radical (unpaired) electrons. The van der Waals surface area contributed by atoms with E-state index in [9.17, 15) is 9.59 Å². The molecule has 2 aromatic carbocycles. The summed E-state index contributed by atoms with van der Waals surface area (Å²) in [5.41, 5.74) is 3.18. The second kappa shape index (κ2) is 8.64. The van der Waals surface area contributed by atoms with E-state index >= 15 is 0 Å². The quantitative estimate of drug-likeness (QED) is 0.459. The van der Waals surface area contributed by atoms with Gasteiger partial charge < -0.3 is 4.90 Å². The van der Waals surface area contributed by atoms with E-state index in [-0.39, 0.29) is 16.7 Å². The van der Waals surface area contributed by atoms with Gasteiger partial charge in [0.1, 0.15) is 0 Å². The third-order valence-electron chi connectivity index (χ3n) is 5.45. The fraction of sp³-hybridized carbons (Fsp3) is 0.375. The van der Waals surface area contributed by atoms with E-state index in [1.165, 1.54) is 22.9 Å². The van der Waals surface area contributed by atoms with Crippen molar-refractivity contribution in [1.29, 1.82) is 0 Å². The molecule has 156 valence electrons. The summed E-state index contributed by atoms with van der Waals surface area (Å²) in [5.74, 6) is 0.391. The molecule has 1 aliphatic heterocycles. The third-order valence-corrected chi connectivity index (χ3v) is 6.52. The molecule has 5 nitrogen and oxygen atoms in total. The predicted octanol–water partition coefficient (Wildman–Crippen LogP) is 4.12. The van der Waals surface area contributed by atoms with Gasteiger partial charge in [-0.15, -0.1) is 0 Å². The molecule has 0 bridgehead atoms. The van der Waals surface area contributed by atoms with Gasteiger partial charge in [-0.3, -0.25) is 14.2 Å². The van der Waals surface area contributed by atoms with Gasteiger partial charge in [-0.25, -0.2) is 4.98 Å². The second-order valence-electron chi connectivity index (χ2n) is 8.26. The summed E-state index contributed by atoms with van der Waals surface area (Å²) in [6.45, 7) is 8.02. The zero-order valence-electron chi connectivity index (χ0n) is 17.7. The van der Waals surface area contributed by atoms with E-state index in [1.54, 1.807) is 4.57 Å². The molecule has 1 atom stereocenters. The SMILES string of the molecule is CC(C)Cn1c(S[C@@H](C)C(=O)N2CCc3ccccc3C2)nc2ccccc2c1=O. The highest BCUT2D eigenvalue weighted by molar-refractivity contribution is 8.00. The molecule has 4 rings (SSSR count). The highest BCUT2D eigenvalue weighted by atomic mass is 32.2. The first-order chi connectivity index (χ1) is 14.4. The van der Waals surface area contributed by atoms with Crippen LogP contribution in [0.5, 0.6) is 0 Å². The molecule has 30 heavy (non-hydrogen) atoms. The van der Waals surface area contributed by atoms with E-state index < -0.39 is 0 Å². The number of amides is 1. The summed E-state index contributed by atoms with van der Waals surface area (Å²) >= 11 is 1.38. The number of carbonyl (C=O) groups is 1. The molecule has 0 fully saturated rings. The number of hydrogen-bond acceptors (Lipinski definition) is 4. The van der Waals surface area contributed by atoms with E-state index in [2.05, 4.69) is 26.0 Å². The summed E-state index contributed by atoms with van der Waals surface area (Å²) in [5, 5.41) is 0.918. The van der Waals surface area contributed by atoms with Crippen LogP contribution in [0.25, 0.3) is 10.9 Å². The smallest absolute Gasteiger partial charge is 0.262 e. The summed E-state index contributed by atoms with van der Waals surface area (Å²) in [6.07, 6.45) is 0.881. The Morgan fingerprint density at radius 3 is 2.53 bits per heavy atom. The van der Waals surface area contributed by atoms with Crippen molar-refractivity contribution in [3.63, 3.8) is 0 Å². The van der Waals surface area contributed by atoms with Crippen LogP contribution in [0, 0.1) is 5.92 Å². The maximum Gasteiger partial charge on any atom is 0.262 e. The Hall–Kier alpha value is -2.60. The minimum Gasteiger partial charge on any atom is -0.337 e. The van der Waals surface area contributed by atoms with Crippen LogP contribution in [0.2, 0.25) is 0 Å². The molecule has 1 aliphatic rings. The molecule has 0 spiro atoms. The Balaban J connectivity index is 1.60. The third kappa shape index (κ3) is 4.15. The number of benzene rings is 2. The van der Waals surface area contributed by atoms with Gasteiger partial charge in [0.25, 0.3) is 5.56 Å². The first-order valence-electron chi connectivity index (χ1n) is 10.5. The zero-order valence-corrected chi connectivity index (χ0v) is 18.5. The Labute approximate surface area is 181 Å². The van der Waals surface area contributed by atoms with Gasteiger partial charge in [0.15, 0.2) is 5.16 Å². The Morgan fingerprint density at radius 1 is 1.07 bits per heavy atom. The van der Waals surface area contributed by atoms with Crippen molar-refractivity contribution in [2.24, 2.45) is 5.92 Å². The van der Waals surface area contributed by atoms with Crippen molar-refractivity contribution in [1.82, 2.24) is 14.5 Å². The number of fused-ring (bicyclic) bond motifs is 2. The average Bonchev–Trinajstić information content (AvgIpc) is 2.75. The summed E-state index contributed by atoms with van der Waals surface area (Å²) in [6, 6.07) is 15.7. The van der Waals surface area contributed by atoms with Gasteiger partial charge in [-0.1, -0.05) is 62.0 Å². The maximum atomic E-state index is 13.2. The van der Waals surface area contributed by atoms with Crippen LogP contribution in [0.3, 0.4) is 0 Å². The van der Waals surface area contributed by atoms with Crippen LogP contribution in [0.15, 0.2) is 58.5 Å². The number of carbonyl (C=O) groups excluding carboxylic acids is 1. The molecule has 3 aromatic rings. The molecule has 2 heterocycles. The molecular formula is C24H27N3O2S. The van der Waals surface area contributed by atoms with Gasteiger partial charge in [-0.2, -0.15) is 0 Å². The van der Waals surface area contributed by atoms with E-state index in [4.69, 9.17) is 4.98 Å². The van der Waals surface area contributed by atoms with Crippen LogP contribution in [0.1, 0.15) is 31.9 Å². The predicted molar refractivity (Wildman–Crippen MR) is 122 cm³/mol. The van der Waals surface area contributed by atoms with Gasteiger partial charge in [0.05, 0.1) is 16.2 Å². The molecule has 1 aromatic heterocycles. The summed E-state index contributed by atoms with van der Waals surface area (Å²) in [4.78, 5) is 32.9. The van der Waals surface area contributed by atoms with Gasteiger partial charge in [0, 0.05) is 19.6 Å². The van der Waals surface area contributed by atoms with Crippen molar-refractivity contribution in [2.45, 2.75) is 50.7 Å². The topological polar surface area (TPSA) is 55.2 Å². The zero-order chi connectivity index (χ0) is 21.3. The highest BCUT2D eigenvalue weighted by Crippen LogP contribution is 2.27. The van der Waals surface area contributed by atoms with Crippen LogP contribution in [0.4, 0.5) is 0 Å². The highest BCUT2D eigenvalue weighted by Gasteiger charge is 2.26. The van der Waals surface area contributed by atoms with Crippen molar-refractivity contribution in [3.8, 4) is 0 Å². The van der Waals surface area contributed by atoms with Crippen molar-refractivity contribution >= 4 is 28.6 Å². The number of aromatic nitrogens is 2. The minimum atomic E-state index is -0.318. The molecule has 0 aliphatic carbocycles. The summed E-state index contributed by atoms with van der Waals surface area (Å²) in [7, 11) is 0. The standard InChI is InChI=1S/C24H27N3O2S/c1-16(2)14-27-23(29)20-10-6-7-11-21(20)25-24(27)30-17(3)22(28)26-13-12-18-8-4-5-9-19(18)15-26/h4-11,16-17H,12-15H2,1-3H3/t17-/m0/s1. The van der Waals surface area contributed by atoms with Crippen molar-refractivity contribution in [3.05, 3.63) is 70.0 Å². The first kappa shape index (κ1) is 20.7. The van der Waals surface area contributed by atoms with Gasteiger partial charge in [-0.05, 0) is 42.5 Å². The largest absolute Gasteiger partial charge is 0.337 e. The first-order valence-corrected chi connectivity index (χ1v) is 11.3. The number of nitrogens with zero attached hydrogens (tertiary/aromatic N) is 3. The number of rotatable bonds is 5. The Morgan fingerprint density at radius 2 is 1.77 bits per heavy atom. The fourth-order valence-electron chi connectivity index (χ4n) is 3.91. The number of para-hydroxylation sites is 1. The van der Waals surface area contributed by atoms with Gasteiger partial charge >= 0.3 is 0 Å². The van der Waals surface area contributed by atoms with E-state index in [0.717, 1.165) is 13.0 Å². The van der Waals surface area contributed by atoms with E-state index in [1.807, 2.05) is 48.2 Å². The Kier molecular flexibility index (Phi) is 5.95.